The van der Waals surface area contributed by atoms with Crippen molar-refractivity contribution in [2.24, 2.45) is 0 Å². The van der Waals surface area contributed by atoms with Crippen molar-refractivity contribution >= 4 is 5.97 Å². The number of carboxylic acid groups (broad SMARTS) is 1. The number of benzene rings is 1. The average molecular weight is 266 g/mol. The molecule has 0 heterocycles. The van der Waals surface area contributed by atoms with Crippen LogP contribution in [0.4, 0.5) is 0 Å². The molecule has 0 unspecified atom stereocenters. The molecule has 0 aliphatic heterocycles. The highest BCUT2D eigenvalue weighted by molar-refractivity contribution is 5.90. The quantitative estimate of drug-likeness (QED) is 0.660. The summed E-state index contributed by atoms with van der Waals surface area (Å²) in [6, 6.07) is 6.68. The predicted molar refractivity (Wildman–Crippen MR) is 74.9 cm³/mol. The zero-order valence-electron chi connectivity index (χ0n) is 11.6. The number of nitrogens with zero attached hydrogens (tertiary/aromatic N) is 1. The van der Waals surface area contributed by atoms with Crippen LogP contribution in [0.15, 0.2) is 24.3 Å². The minimum atomic E-state index is -0.965. The first-order chi connectivity index (χ1) is 9.15. The number of para-hydroxylation sites is 1. The van der Waals surface area contributed by atoms with Crippen LogP contribution >= 0.6 is 0 Å². The van der Waals surface area contributed by atoms with E-state index < -0.39 is 5.97 Å². The lowest BCUT2D eigenvalue weighted by Gasteiger charge is -2.14. The Kier molecular flexibility index (Phi) is 6.92. The molecule has 106 valence electrons. The number of likely N-dealkylation sites (N-methyl/N-ethyl adjacent to an activating group) is 1. The molecule has 0 saturated carbocycles. The van der Waals surface area contributed by atoms with Gasteiger partial charge >= 0.3 is 5.97 Å². The molecule has 0 radical (unpaired) electrons. The fourth-order valence-electron chi connectivity index (χ4n) is 1.56. The van der Waals surface area contributed by atoms with Crippen LogP contribution in [0.5, 0.6) is 5.75 Å². The molecule has 0 aliphatic carbocycles. The first-order valence-electron chi connectivity index (χ1n) is 6.49. The molecule has 5 heteroatoms. The van der Waals surface area contributed by atoms with E-state index in [-0.39, 0.29) is 5.56 Å². The van der Waals surface area contributed by atoms with Crippen molar-refractivity contribution < 1.29 is 14.6 Å². The van der Waals surface area contributed by atoms with E-state index >= 15 is 0 Å². The minimum Gasteiger partial charge on any atom is -0.491 e. The summed E-state index contributed by atoms with van der Waals surface area (Å²) >= 11 is 0. The highest BCUT2D eigenvalue weighted by atomic mass is 16.5. The largest absolute Gasteiger partial charge is 0.491 e. The Bertz CT molecular complexity index is 396. The molecule has 0 fully saturated rings. The number of carboxylic acids is 1. The Morgan fingerprint density at radius 2 is 2.11 bits per heavy atom. The third-order valence-corrected chi connectivity index (χ3v) is 2.86. The molecular formula is C14H22N2O3. The minimum absolute atomic E-state index is 0.202. The van der Waals surface area contributed by atoms with Crippen LogP contribution in [-0.4, -0.2) is 55.8 Å². The van der Waals surface area contributed by atoms with E-state index in [0.717, 1.165) is 19.6 Å². The molecule has 1 aromatic rings. The summed E-state index contributed by atoms with van der Waals surface area (Å²) in [5, 5.41) is 12.2. The van der Waals surface area contributed by atoms with Crippen molar-refractivity contribution in [2.75, 3.05) is 39.8 Å². The zero-order chi connectivity index (χ0) is 14.1. The number of ether oxygens (including phenoxy) is 1. The summed E-state index contributed by atoms with van der Waals surface area (Å²) in [6.45, 7) is 6.19. The van der Waals surface area contributed by atoms with E-state index in [0.29, 0.717) is 18.9 Å². The molecule has 0 amide bonds. The van der Waals surface area contributed by atoms with Gasteiger partial charge in [0.1, 0.15) is 17.9 Å². The monoisotopic (exact) mass is 266 g/mol. The second kappa shape index (κ2) is 8.50. The van der Waals surface area contributed by atoms with E-state index in [2.05, 4.69) is 24.2 Å². The van der Waals surface area contributed by atoms with Crippen molar-refractivity contribution in [3.05, 3.63) is 29.8 Å². The molecule has 0 atom stereocenters. The maximum absolute atomic E-state index is 11.0. The number of rotatable bonds is 9. The van der Waals surface area contributed by atoms with E-state index in [1.807, 2.05) is 0 Å². The third-order valence-electron chi connectivity index (χ3n) is 2.86. The fraction of sp³-hybridized carbons (Fsp3) is 0.500. The van der Waals surface area contributed by atoms with Crippen LogP contribution in [0.1, 0.15) is 17.3 Å². The highest BCUT2D eigenvalue weighted by Crippen LogP contribution is 2.17. The second-order valence-electron chi connectivity index (χ2n) is 4.30. The van der Waals surface area contributed by atoms with Crippen molar-refractivity contribution in [1.82, 2.24) is 10.2 Å². The summed E-state index contributed by atoms with van der Waals surface area (Å²) in [5.74, 6) is -0.546. The van der Waals surface area contributed by atoms with Crippen LogP contribution in [-0.2, 0) is 0 Å². The standard InChI is InChI=1S/C14H22N2O3/c1-3-16(2)10-8-15-9-11-19-13-7-5-4-6-12(13)14(17)18/h4-7,15H,3,8-11H2,1-2H3,(H,17,18). The average Bonchev–Trinajstić information content (AvgIpc) is 2.42. The van der Waals surface area contributed by atoms with E-state index in [9.17, 15) is 4.79 Å². The highest BCUT2D eigenvalue weighted by Gasteiger charge is 2.09. The number of hydrogen-bond acceptors (Lipinski definition) is 4. The maximum atomic E-state index is 11.0. The molecule has 5 nitrogen and oxygen atoms in total. The zero-order valence-corrected chi connectivity index (χ0v) is 11.6. The van der Waals surface area contributed by atoms with Gasteiger partial charge in [-0.2, -0.15) is 0 Å². The Labute approximate surface area is 114 Å². The van der Waals surface area contributed by atoms with E-state index in [4.69, 9.17) is 9.84 Å². The SMILES string of the molecule is CCN(C)CCNCCOc1ccccc1C(=O)O. The molecule has 19 heavy (non-hydrogen) atoms. The van der Waals surface area contributed by atoms with Gasteiger partial charge in [-0.1, -0.05) is 19.1 Å². The molecule has 0 spiro atoms. The van der Waals surface area contributed by atoms with Gasteiger partial charge in [0.05, 0.1) is 0 Å². The summed E-state index contributed by atoms with van der Waals surface area (Å²) in [4.78, 5) is 13.2. The lowest BCUT2D eigenvalue weighted by Crippen LogP contribution is -2.31. The predicted octanol–water partition coefficient (Wildman–Crippen LogP) is 1.30. The summed E-state index contributed by atoms with van der Waals surface area (Å²) in [6.07, 6.45) is 0. The van der Waals surface area contributed by atoms with Gasteiger partial charge in [0.25, 0.3) is 0 Å². The number of aromatic carboxylic acids is 1. The molecular weight excluding hydrogens is 244 g/mol. The van der Waals surface area contributed by atoms with Gasteiger partial charge in [0.2, 0.25) is 0 Å². The molecule has 0 aliphatic rings. The molecule has 0 saturated heterocycles. The fourth-order valence-corrected chi connectivity index (χ4v) is 1.56. The smallest absolute Gasteiger partial charge is 0.339 e. The van der Waals surface area contributed by atoms with Crippen LogP contribution < -0.4 is 10.1 Å². The van der Waals surface area contributed by atoms with Crippen molar-refractivity contribution in [1.29, 1.82) is 0 Å². The molecule has 0 aromatic heterocycles. The van der Waals surface area contributed by atoms with Gasteiger partial charge in [-0.25, -0.2) is 4.79 Å². The number of carbonyl (C=O) groups is 1. The molecule has 0 bridgehead atoms. The van der Waals surface area contributed by atoms with Crippen LogP contribution in [0, 0.1) is 0 Å². The van der Waals surface area contributed by atoms with E-state index in [1.165, 1.54) is 0 Å². The number of nitrogens with one attached hydrogen (secondary N) is 1. The lowest BCUT2D eigenvalue weighted by molar-refractivity contribution is 0.0692. The van der Waals surface area contributed by atoms with Gasteiger partial charge in [0.15, 0.2) is 0 Å². The summed E-state index contributed by atoms with van der Waals surface area (Å²) < 4.78 is 5.47. The lowest BCUT2D eigenvalue weighted by atomic mass is 10.2. The Balaban J connectivity index is 2.24. The number of hydrogen-bond donors (Lipinski definition) is 2. The van der Waals surface area contributed by atoms with Crippen LogP contribution in [0.3, 0.4) is 0 Å². The van der Waals surface area contributed by atoms with Gasteiger partial charge in [-0.15, -0.1) is 0 Å². The van der Waals surface area contributed by atoms with Crippen molar-refractivity contribution in [3.63, 3.8) is 0 Å². The second-order valence-corrected chi connectivity index (χ2v) is 4.30. The van der Waals surface area contributed by atoms with Crippen molar-refractivity contribution in [2.45, 2.75) is 6.92 Å². The molecule has 2 N–H and O–H groups in total. The van der Waals surface area contributed by atoms with Gasteiger partial charge in [-0.05, 0) is 25.7 Å². The Hall–Kier alpha value is -1.59. The summed E-state index contributed by atoms with van der Waals surface area (Å²) in [7, 11) is 2.07. The van der Waals surface area contributed by atoms with Crippen LogP contribution in [0.25, 0.3) is 0 Å². The topological polar surface area (TPSA) is 61.8 Å². The molecule has 1 rings (SSSR count). The maximum Gasteiger partial charge on any atom is 0.339 e. The summed E-state index contributed by atoms with van der Waals surface area (Å²) in [5.41, 5.74) is 0.202. The van der Waals surface area contributed by atoms with Crippen LogP contribution in [0.2, 0.25) is 0 Å². The molecule has 1 aromatic carbocycles. The van der Waals surface area contributed by atoms with Gasteiger partial charge in [-0.3, -0.25) is 0 Å². The Morgan fingerprint density at radius 3 is 2.79 bits per heavy atom. The first-order valence-corrected chi connectivity index (χ1v) is 6.49. The first kappa shape index (κ1) is 15.5. The normalized spacial score (nSPS) is 10.7. The van der Waals surface area contributed by atoms with Gasteiger partial charge in [0, 0.05) is 19.6 Å². The van der Waals surface area contributed by atoms with Crippen molar-refractivity contribution in [3.8, 4) is 5.75 Å². The van der Waals surface area contributed by atoms with E-state index in [1.54, 1.807) is 24.3 Å². The third kappa shape index (κ3) is 5.72. The Morgan fingerprint density at radius 1 is 1.37 bits per heavy atom. The van der Waals surface area contributed by atoms with Gasteiger partial charge < -0.3 is 20.1 Å².